The minimum Gasteiger partial charge on any atom is -0.488 e. The molecule has 3 aromatic heterocycles. The summed E-state index contributed by atoms with van der Waals surface area (Å²) in [5, 5.41) is 38.8. The summed E-state index contributed by atoms with van der Waals surface area (Å²) in [5.74, 6) is 3.07. The second-order valence-corrected chi connectivity index (χ2v) is 15.4. The van der Waals surface area contributed by atoms with E-state index in [2.05, 4.69) is 73.7 Å². The minimum absolute atomic E-state index is 0.0226. The van der Waals surface area contributed by atoms with Crippen molar-refractivity contribution in [1.29, 1.82) is 0 Å². The Hall–Kier alpha value is -7.47. The average molecular weight is 838 g/mol. The number of fused-ring (bicyclic) bond motifs is 1. The number of nitrogens with one attached hydrogen (secondary N) is 8. The van der Waals surface area contributed by atoms with Crippen molar-refractivity contribution in [2.24, 2.45) is 0 Å². The Bertz CT molecular complexity index is 2690. The third-order valence-electron chi connectivity index (χ3n) is 11.1. The molecule has 18 nitrogen and oxygen atoms in total. The summed E-state index contributed by atoms with van der Waals surface area (Å²) >= 11 is 0. The first-order valence-electron chi connectivity index (χ1n) is 20.6. The summed E-state index contributed by atoms with van der Waals surface area (Å²) in [4.78, 5) is 34.5. The average Bonchev–Trinajstić information content (AvgIpc) is 4.04. The van der Waals surface area contributed by atoms with E-state index in [1.54, 1.807) is 6.08 Å². The van der Waals surface area contributed by atoms with Crippen molar-refractivity contribution in [3.63, 3.8) is 0 Å². The standard InChI is InChI=1S/C44H47N13O5/c1-4-25-19-29(11-15-33(25)45-3)47-43-50-41(54-56-43)26-8-13-31(14-9-26)60-22-38(59)49-35-21-62-40(35)39-32-20-30(12-16-34(32)52-53-39)48-44-51-42(55-57-44)27-10-17-36(24(2)18-27)61-23-37(58)46-28-6-5-7-28/h4,8,10-13,15-20,28,35,40,45H,1,5-7,9,14,21-23H2,2-3H3,(H,46,58)(H,49,59)(H,52,53)(H2,47,50,54,56)(H2,48,51,55,57). The number of hydrogen-bond donors (Lipinski definition) is 8. The van der Waals surface area contributed by atoms with Gasteiger partial charge in [0.25, 0.3) is 11.8 Å². The van der Waals surface area contributed by atoms with Gasteiger partial charge in [0.2, 0.25) is 11.9 Å². The molecule has 1 aliphatic heterocycles. The molecule has 8 N–H and O–H groups in total. The van der Waals surface area contributed by atoms with Crippen molar-refractivity contribution in [2.45, 2.75) is 57.2 Å². The van der Waals surface area contributed by atoms with Gasteiger partial charge in [-0.15, -0.1) is 10.2 Å². The maximum atomic E-state index is 13.0. The van der Waals surface area contributed by atoms with Gasteiger partial charge in [-0.3, -0.25) is 24.9 Å². The minimum atomic E-state index is -0.418. The van der Waals surface area contributed by atoms with Gasteiger partial charge >= 0.3 is 0 Å². The zero-order valence-electron chi connectivity index (χ0n) is 34.3. The molecule has 3 aliphatic rings. The molecule has 3 aromatic carbocycles. The third kappa shape index (κ3) is 8.85. The maximum Gasteiger partial charge on any atom is 0.258 e. The lowest BCUT2D eigenvalue weighted by atomic mass is 9.93. The van der Waals surface area contributed by atoms with Gasteiger partial charge in [0.1, 0.15) is 11.9 Å². The number of aromatic amines is 3. The second kappa shape index (κ2) is 17.6. The Morgan fingerprint density at radius 2 is 1.61 bits per heavy atom. The van der Waals surface area contributed by atoms with Crippen LogP contribution in [0.25, 0.3) is 33.9 Å². The summed E-state index contributed by atoms with van der Waals surface area (Å²) in [6, 6.07) is 17.3. The largest absolute Gasteiger partial charge is 0.488 e. The molecule has 6 aromatic rings. The third-order valence-corrected chi connectivity index (χ3v) is 11.1. The fourth-order valence-corrected chi connectivity index (χ4v) is 7.48. The Morgan fingerprint density at radius 3 is 2.32 bits per heavy atom. The van der Waals surface area contributed by atoms with Gasteiger partial charge in [0.05, 0.1) is 29.6 Å². The molecular formula is C44H47N13O5. The van der Waals surface area contributed by atoms with Gasteiger partial charge in [-0.1, -0.05) is 18.7 Å². The Labute approximate surface area is 356 Å². The van der Waals surface area contributed by atoms with Gasteiger partial charge in [0, 0.05) is 47.5 Å². The molecule has 2 aliphatic carbocycles. The Morgan fingerprint density at radius 1 is 0.855 bits per heavy atom. The lowest BCUT2D eigenvalue weighted by molar-refractivity contribution is -0.136. The molecule has 62 heavy (non-hydrogen) atoms. The highest BCUT2D eigenvalue weighted by atomic mass is 16.5. The number of aryl methyl sites for hydroxylation is 1. The molecule has 2 fully saturated rings. The fourth-order valence-electron chi connectivity index (χ4n) is 7.48. The molecule has 2 atom stereocenters. The summed E-state index contributed by atoms with van der Waals surface area (Å²) in [7, 11) is 1.87. The number of allylic oxidation sites excluding steroid dienone is 4. The highest BCUT2D eigenvalue weighted by Crippen LogP contribution is 2.35. The molecule has 1 saturated carbocycles. The van der Waals surface area contributed by atoms with Crippen LogP contribution >= 0.6 is 0 Å². The van der Waals surface area contributed by atoms with Crippen molar-refractivity contribution in [1.82, 2.24) is 51.2 Å². The van der Waals surface area contributed by atoms with E-state index in [0.717, 1.165) is 75.2 Å². The molecule has 4 heterocycles. The zero-order valence-corrected chi connectivity index (χ0v) is 34.3. The summed E-state index contributed by atoms with van der Waals surface area (Å²) < 4.78 is 17.6. The molecule has 0 radical (unpaired) electrons. The Kier molecular flexibility index (Phi) is 11.4. The first-order valence-corrected chi connectivity index (χ1v) is 20.6. The van der Waals surface area contributed by atoms with Crippen LogP contribution in [0.3, 0.4) is 0 Å². The highest BCUT2D eigenvalue weighted by Gasteiger charge is 2.37. The lowest BCUT2D eigenvalue weighted by Gasteiger charge is -2.36. The first kappa shape index (κ1) is 40.0. The molecule has 9 rings (SSSR count). The van der Waals surface area contributed by atoms with Crippen LogP contribution in [-0.2, 0) is 19.1 Å². The number of benzene rings is 3. The maximum absolute atomic E-state index is 13.0. The molecular weight excluding hydrogens is 791 g/mol. The predicted molar refractivity (Wildman–Crippen MR) is 235 cm³/mol. The molecule has 318 valence electrons. The number of ether oxygens (including phenoxy) is 3. The van der Waals surface area contributed by atoms with E-state index >= 15 is 0 Å². The van der Waals surface area contributed by atoms with Crippen LogP contribution in [0.4, 0.5) is 29.0 Å². The van der Waals surface area contributed by atoms with Crippen LogP contribution in [0.2, 0.25) is 0 Å². The number of anilines is 5. The van der Waals surface area contributed by atoms with E-state index in [1.165, 1.54) is 0 Å². The molecule has 18 heteroatoms. The second-order valence-electron chi connectivity index (χ2n) is 15.4. The number of carbonyl (C=O) groups is 2. The van der Waals surface area contributed by atoms with Crippen molar-refractivity contribution in [2.75, 3.05) is 42.8 Å². The van der Waals surface area contributed by atoms with E-state index in [-0.39, 0.29) is 37.1 Å². The molecule has 1 saturated heterocycles. The van der Waals surface area contributed by atoms with Crippen LogP contribution in [-0.4, -0.2) is 91.3 Å². The molecule has 0 bridgehead atoms. The van der Waals surface area contributed by atoms with E-state index in [0.29, 0.717) is 54.5 Å². The molecule has 2 amide bonds. The van der Waals surface area contributed by atoms with Crippen molar-refractivity contribution in [3.05, 3.63) is 102 Å². The number of hydrogen-bond acceptors (Lipinski definition) is 13. The number of aromatic nitrogens is 8. The number of rotatable bonds is 17. The van der Waals surface area contributed by atoms with Crippen LogP contribution in [0.1, 0.15) is 60.9 Å². The monoisotopic (exact) mass is 837 g/mol. The highest BCUT2D eigenvalue weighted by molar-refractivity contribution is 5.86. The summed E-state index contributed by atoms with van der Waals surface area (Å²) in [6.45, 7) is 6.02. The SMILES string of the molecule is C=Cc1cc(Nc2n[nH]c(C3=CC=C(OCC(=O)NC4COC4c4[nH]nc5ccc(Nc6n[nH]c(-c7ccc(OCC(=O)NC8CCC8)c(C)c7)n6)cc45)CC3)n2)ccc1NC. The van der Waals surface area contributed by atoms with Crippen LogP contribution in [0.5, 0.6) is 5.75 Å². The topological polar surface area (TPSA) is 234 Å². The Balaban J connectivity index is 0.761. The summed E-state index contributed by atoms with van der Waals surface area (Å²) in [5.41, 5.74) is 7.72. The number of carbonyl (C=O) groups excluding carboxylic acids is 2. The zero-order chi connectivity index (χ0) is 42.6. The van der Waals surface area contributed by atoms with Crippen LogP contribution < -0.4 is 31.3 Å². The van der Waals surface area contributed by atoms with Crippen LogP contribution in [0.15, 0.2) is 79.1 Å². The molecule has 2 unspecified atom stereocenters. The van der Waals surface area contributed by atoms with E-state index < -0.39 is 6.10 Å². The van der Waals surface area contributed by atoms with Gasteiger partial charge in [-0.2, -0.15) is 15.1 Å². The number of H-pyrrole nitrogens is 3. The van der Waals surface area contributed by atoms with E-state index in [9.17, 15) is 9.59 Å². The smallest absolute Gasteiger partial charge is 0.258 e. The van der Waals surface area contributed by atoms with Gasteiger partial charge < -0.3 is 40.8 Å². The number of nitrogens with zero attached hydrogens (tertiary/aromatic N) is 5. The van der Waals surface area contributed by atoms with Gasteiger partial charge in [0.15, 0.2) is 24.9 Å². The quantitative estimate of drug-likeness (QED) is 0.0503. The van der Waals surface area contributed by atoms with E-state index in [4.69, 9.17) is 14.2 Å². The van der Waals surface area contributed by atoms with Crippen molar-refractivity contribution < 1.29 is 23.8 Å². The normalized spacial score (nSPS) is 17.2. The van der Waals surface area contributed by atoms with E-state index in [1.807, 2.05) is 80.7 Å². The van der Waals surface area contributed by atoms with Crippen molar-refractivity contribution >= 4 is 63.3 Å². The fraction of sp³-hybridized carbons (Fsp3) is 0.295. The van der Waals surface area contributed by atoms with Crippen LogP contribution in [0, 0.1) is 6.92 Å². The van der Waals surface area contributed by atoms with Gasteiger partial charge in [-0.25, -0.2) is 0 Å². The van der Waals surface area contributed by atoms with Gasteiger partial charge in [-0.05, 0) is 110 Å². The lowest BCUT2D eigenvalue weighted by Crippen LogP contribution is -2.51. The number of amides is 2. The first-order chi connectivity index (χ1) is 30.3. The predicted octanol–water partition coefficient (Wildman–Crippen LogP) is 6.33. The molecule has 0 spiro atoms. The van der Waals surface area contributed by atoms with Crippen molar-refractivity contribution in [3.8, 4) is 17.1 Å². The summed E-state index contributed by atoms with van der Waals surface area (Å²) in [6.07, 6.45) is 9.67.